The third-order valence-electron chi connectivity index (χ3n) is 10.4. The monoisotopic (exact) mass is 706 g/mol. The molecule has 4 aromatic heterocycles. The molecule has 252 valence electrons. The van der Waals surface area contributed by atoms with Crippen molar-refractivity contribution in [1.29, 1.82) is 0 Å². The zero-order valence-corrected chi connectivity index (χ0v) is 29.8. The Kier molecular flexibility index (Phi) is 7.00. The van der Waals surface area contributed by atoms with E-state index in [1.807, 2.05) is 17.4 Å². The fraction of sp³-hybridized carbons (Fsp3) is 0. The van der Waals surface area contributed by atoms with E-state index in [4.69, 9.17) is 15.0 Å². The first-order chi connectivity index (χ1) is 26.8. The molecule has 0 bridgehead atoms. The van der Waals surface area contributed by atoms with E-state index in [1.54, 1.807) is 0 Å². The maximum atomic E-state index is 5.39. The van der Waals surface area contributed by atoms with Crippen LogP contribution in [0.4, 0.5) is 0 Å². The van der Waals surface area contributed by atoms with Crippen molar-refractivity contribution in [2.45, 2.75) is 0 Å². The summed E-state index contributed by atoms with van der Waals surface area (Å²) in [5.41, 5.74) is 11.2. The Balaban J connectivity index is 1.11. The van der Waals surface area contributed by atoms with Gasteiger partial charge in [0.2, 0.25) is 0 Å². The van der Waals surface area contributed by atoms with Crippen LogP contribution in [0.3, 0.4) is 0 Å². The van der Waals surface area contributed by atoms with E-state index in [2.05, 4.69) is 180 Å². The number of para-hydroxylation sites is 2. The summed E-state index contributed by atoms with van der Waals surface area (Å²) in [5.74, 6) is 0.673. The lowest BCUT2D eigenvalue weighted by Gasteiger charge is -2.13. The first kappa shape index (κ1) is 30.7. The summed E-state index contributed by atoms with van der Waals surface area (Å²) in [6, 6.07) is 64.0. The van der Waals surface area contributed by atoms with Gasteiger partial charge in [-0.25, -0.2) is 15.0 Å². The Labute approximate surface area is 315 Å². The van der Waals surface area contributed by atoms with Crippen LogP contribution in [-0.2, 0) is 0 Å². The number of aromatic nitrogens is 4. The Morgan fingerprint density at radius 2 is 1.02 bits per heavy atom. The van der Waals surface area contributed by atoms with Crippen molar-refractivity contribution in [2.75, 3.05) is 0 Å². The van der Waals surface area contributed by atoms with Crippen LogP contribution in [0, 0.1) is 0 Å². The van der Waals surface area contributed by atoms with Gasteiger partial charge in [0.1, 0.15) is 0 Å². The van der Waals surface area contributed by atoms with Gasteiger partial charge in [-0.05, 0) is 42.5 Å². The van der Waals surface area contributed by atoms with Crippen LogP contribution in [0.5, 0.6) is 0 Å². The lowest BCUT2D eigenvalue weighted by molar-refractivity contribution is 1.16. The first-order valence-electron chi connectivity index (χ1n) is 18.1. The molecule has 0 saturated carbocycles. The van der Waals surface area contributed by atoms with Crippen LogP contribution < -0.4 is 0 Å². The van der Waals surface area contributed by atoms with Crippen LogP contribution in [0.2, 0.25) is 0 Å². The van der Waals surface area contributed by atoms with Gasteiger partial charge in [0.15, 0.2) is 5.82 Å². The molecule has 4 heterocycles. The van der Waals surface area contributed by atoms with Gasteiger partial charge in [0, 0.05) is 64.3 Å². The smallest absolute Gasteiger partial charge is 0.160 e. The second-order valence-electron chi connectivity index (χ2n) is 13.6. The zero-order valence-electron chi connectivity index (χ0n) is 29.0. The lowest BCUT2D eigenvalue weighted by atomic mass is 10.0. The molecule has 7 aromatic carbocycles. The predicted octanol–water partition coefficient (Wildman–Crippen LogP) is 13.2. The van der Waals surface area contributed by atoms with Crippen molar-refractivity contribution in [3.05, 3.63) is 182 Å². The minimum Gasteiger partial charge on any atom is -0.309 e. The maximum Gasteiger partial charge on any atom is 0.160 e. The molecular formula is C49H30N4S. The lowest BCUT2D eigenvalue weighted by Crippen LogP contribution is -1.98. The van der Waals surface area contributed by atoms with Gasteiger partial charge in [-0.2, -0.15) is 0 Å². The number of fused-ring (bicyclic) bond motifs is 8. The number of nitrogens with zero attached hydrogens (tertiary/aromatic N) is 4. The summed E-state index contributed by atoms with van der Waals surface area (Å²) >= 11 is 1.83. The van der Waals surface area contributed by atoms with Gasteiger partial charge >= 0.3 is 0 Å². The quantitative estimate of drug-likeness (QED) is 0.179. The standard InChI is InChI=1S/C49H30N4S/c1-3-14-31(15-4-1)40-30-41(52-49(51-40)34-18-13-19-35(28-34)53-43-23-10-7-20-36(43)37-21-8-11-24-44(37)53)33-26-27-38-42(29-33)50-47(32-16-5-2-6-17-32)46-39-22-9-12-25-45(39)54-48(38)46/h1-30H. The topological polar surface area (TPSA) is 43.6 Å². The van der Waals surface area contributed by atoms with E-state index in [9.17, 15) is 0 Å². The van der Waals surface area contributed by atoms with E-state index in [1.165, 1.54) is 42.0 Å². The van der Waals surface area contributed by atoms with Crippen molar-refractivity contribution >= 4 is 64.2 Å². The molecule has 0 saturated heterocycles. The average Bonchev–Trinajstić information content (AvgIpc) is 3.80. The third-order valence-corrected chi connectivity index (χ3v) is 11.6. The largest absolute Gasteiger partial charge is 0.309 e. The van der Waals surface area contributed by atoms with Gasteiger partial charge < -0.3 is 4.57 Å². The fourth-order valence-electron chi connectivity index (χ4n) is 7.89. The Hall–Kier alpha value is -6.95. The van der Waals surface area contributed by atoms with Crippen molar-refractivity contribution < 1.29 is 0 Å². The molecule has 0 unspecified atom stereocenters. The first-order valence-corrected chi connectivity index (χ1v) is 18.9. The zero-order chi connectivity index (χ0) is 35.6. The SMILES string of the molecule is c1ccc(-c2cc(-c3ccc4c(c3)nc(-c3ccccc3)c3c5ccccc5sc43)nc(-c3cccc(-n4c5ccccc5c5ccccc54)c3)n2)cc1. The average molecular weight is 707 g/mol. The van der Waals surface area contributed by atoms with Gasteiger partial charge in [-0.15, -0.1) is 11.3 Å². The molecule has 11 rings (SSSR count). The van der Waals surface area contributed by atoms with E-state index in [0.29, 0.717) is 5.82 Å². The molecule has 5 heteroatoms. The number of pyridine rings is 1. The highest BCUT2D eigenvalue weighted by molar-refractivity contribution is 7.26. The van der Waals surface area contributed by atoms with Crippen molar-refractivity contribution in [3.8, 4) is 50.8 Å². The minimum atomic E-state index is 0.673. The van der Waals surface area contributed by atoms with Crippen LogP contribution in [-0.4, -0.2) is 19.5 Å². The number of hydrogen-bond acceptors (Lipinski definition) is 4. The molecule has 0 spiro atoms. The highest BCUT2D eigenvalue weighted by Crippen LogP contribution is 2.43. The second-order valence-corrected chi connectivity index (χ2v) is 14.7. The van der Waals surface area contributed by atoms with E-state index < -0.39 is 0 Å². The summed E-state index contributed by atoms with van der Waals surface area (Å²) in [6.07, 6.45) is 0. The molecule has 0 aliphatic heterocycles. The Morgan fingerprint density at radius 3 is 1.76 bits per heavy atom. The van der Waals surface area contributed by atoms with Crippen LogP contribution >= 0.6 is 11.3 Å². The second kappa shape index (κ2) is 12.3. The highest BCUT2D eigenvalue weighted by Gasteiger charge is 2.18. The summed E-state index contributed by atoms with van der Waals surface area (Å²) in [6.45, 7) is 0. The maximum absolute atomic E-state index is 5.39. The fourth-order valence-corrected chi connectivity index (χ4v) is 9.13. The van der Waals surface area contributed by atoms with Crippen LogP contribution in [0.1, 0.15) is 0 Å². The van der Waals surface area contributed by atoms with Gasteiger partial charge in [-0.3, -0.25) is 0 Å². The number of benzene rings is 7. The molecule has 0 N–H and O–H groups in total. The minimum absolute atomic E-state index is 0.673. The normalized spacial score (nSPS) is 11.7. The molecule has 0 fully saturated rings. The Bertz CT molecular complexity index is 3160. The molecule has 4 nitrogen and oxygen atoms in total. The van der Waals surface area contributed by atoms with Gasteiger partial charge in [-0.1, -0.05) is 140 Å². The van der Waals surface area contributed by atoms with E-state index in [0.717, 1.165) is 55.9 Å². The summed E-state index contributed by atoms with van der Waals surface area (Å²) in [7, 11) is 0. The molecule has 54 heavy (non-hydrogen) atoms. The summed E-state index contributed by atoms with van der Waals surface area (Å²) < 4.78 is 4.85. The van der Waals surface area contributed by atoms with E-state index in [-0.39, 0.29) is 0 Å². The molecule has 0 radical (unpaired) electrons. The van der Waals surface area contributed by atoms with Crippen LogP contribution in [0.25, 0.3) is 104 Å². The molecule has 11 aromatic rings. The molecule has 0 aliphatic carbocycles. The third kappa shape index (κ3) is 4.94. The highest BCUT2D eigenvalue weighted by atomic mass is 32.1. The Morgan fingerprint density at radius 1 is 0.407 bits per heavy atom. The molecule has 0 amide bonds. The van der Waals surface area contributed by atoms with Gasteiger partial charge in [0.25, 0.3) is 0 Å². The number of rotatable bonds is 5. The predicted molar refractivity (Wildman–Crippen MR) is 226 cm³/mol. The van der Waals surface area contributed by atoms with E-state index >= 15 is 0 Å². The van der Waals surface area contributed by atoms with Crippen molar-refractivity contribution in [1.82, 2.24) is 19.5 Å². The molecule has 0 atom stereocenters. The number of hydrogen-bond donors (Lipinski definition) is 0. The summed E-state index contributed by atoms with van der Waals surface area (Å²) in [5, 5.41) is 6.06. The molecule has 0 aliphatic rings. The van der Waals surface area contributed by atoms with Crippen LogP contribution in [0.15, 0.2) is 182 Å². The van der Waals surface area contributed by atoms with Crippen molar-refractivity contribution in [3.63, 3.8) is 0 Å². The molecular weight excluding hydrogens is 677 g/mol. The van der Waals surface area contributed by atoms with Crippen molar-refractivity contribution in [2.24, 2.45) is 0 Å². The summed E-state index contributed by atoms with van der Waals surface area (Å²) in [4.78, 5) is 15.9. The van der Waals surface area contributed by atoms with Gasteiger partial charge in [0.05, 0.1) is 33.6 Å². The number of thiophene rings is 1.